The Hall–Kier alpha value is -0.390. The van der Waals surface area contributed by atoms with Crippen molar-refractivity contribution in [2.75, 3.05) is 25.4 Å². The number of rotatable bonds is 9. The first-order valence-corrected chi connectivity index (χ1v) is 7.53. The molecule has 94 valence electrons. The van der Waals surface area contributed by atoms with Gasteiger partial charge in [-0.3, -0.25) is 0 Å². The maximum absolute atomic E-state index is 11.9. The highest BCUT2D eigenvalue weighted by atomic mass is 32.2. The zero-order chi connectivity index (χ0) is 12.0. The van der Waals surface area contributed by atoms with Crippen LogP contribution in [0.4, 0.5) is 0 Å². The van der Waals surface area contributed by atoms with Gasteiger partial charge in [-0.05, 0) is 25.8 Å². The van der Waals surface area contributed by atoms with Crippen LogP contribution in [0.3, 0.4) is 0 Å². The van der Waals surface area contributed by atoms with Crippen LogP contribution >= 0.6 is 0 Å². The molecule has 1 aliphatic carbocycles. The van der Waals surface area contributed by atoms with Gasteiger partial charge in [-0.15, -0.1) is 6.58 Å². The average Bonchev–Trinajstić information content (AvgIpc) is 3.04. The molecule has 1 saturated carbocycles. The number of nitrogens with one attached hydrogen (secondary N) is 1. The Bertz CT molecular complexity index is 310. The predicted octanol–water partition coefficient (Wildman–Crippen LogP) is 0.966. The lowest BCUT2D eigenvalue weighted by atomic mass is 10.5. The fourth-order valence-electron chi connectivity index (χ4n) is 1.56. The van der Waals surface area contributed by atoms with E-state index in [4.69, 9.17) is 0 Å². The summed E-state index contributed by atoms with van der Waals surface area (Å²) in [5.41, 5.74) is 0. The molecule has 0 amide bonds. The molecule has 0 unspecified atom stereocenters. The number of hydrogen-bond donors (Lipinski definition) is 1. The van der Waals surface area contributed by atoms with E-state index in [1.165, 1.54) is 17.1 Å². The number of hydrogen-bond acceptors (Lipinski definition) is 3. The SMILES string of the molecule is C=CCN(CC)S(=O)(=O)CCCNC1CC1. The molecule has 0 bridgehead atoms. The van der Waals surface area contributed by atoms with Gasteiger partial charge in [-0.1, -0.05) is 13.0 Å². The van der Waals surface area contributed by atoms with Crippen molar-refractivity contribution in [1.82, 2.24) is 9.62 Å². The lowest BCUT2D eigenvalue weighted by Gasteiger charge is -2.18. The number of nitrogens with zero attached hydrogens (tertiary/aromatic N) is 1. The molecule has 0 aliphatic heterocycles. The van der Waals surface area contributed by atoms with Gasteiger partial charge in [0.25, 0.3) is 0 Å². The summed E-state index contributed by atoms with van der Waals surface area (Å²) in [5, 5.41) is 3.31. The maximum Gasteiger partial charge on any atom is 0.214 e. The van der Waals surface area contributed by atoms with E-state index in [-0.39, 0.29) is 5.75 Å². The van der Waals surface area contributed by atoms with Crippen molar-refractivity contribution >= 4 is 10.0 Å². The molecular weight excluding hydrogens is 224 g/mol. The third-order valence-electron chi connectivity index (χ3n) is 2.67. The molecule has 0 aromatic carbocycles. The van der Waals surface area contributed by atoms with Crippen molar-refractivity contribution in [3.05, 3.63) is 12.7 Å². The van der Waals surface area contributed by atoms with Crippen molar-refractivity contribution in [2.45, 2.75) is 32.2 Å². The smallest absolute Gasteiger partial charge is 0.214 e. The second kappa shape index (κ2) is 6.37. The second-order valence-corrected chi connectivity index (χ2v) is 6.23. The first-order valence-electron chi connectivity index (χ1n) is 5.92. The van der Waals surface area contributed by atoms with Gasteiger partial charge in [-0.2, -0.15) is 4.31 Å². The van der Waals surface area contributed by atoms with Crippen LogP contribution in [-0.2, 0) is 10.0 Å². The molecule has 1 fully saturated rings. The lowest BCUT2D eigenvalue weighted by Crippen LogP contribution is -2.34. The highest BCUT2D eigenvalue weighted by Crippen LogP contribution is 2.18. The molecule has 1 aliphatic rings. The fraction of sp³-hybridized carbons (Fsp3) is 0.818. The summed E-state index contributed by atoms with van der Waals surface area (Å²) in [6, 6.07) is 0.651. The molecule has 5 heteroatoms. The van der Waals surface area contributed by atoms with Crippen LogP contribution in [-0.4, -0.2) is 44.2 Å². The van der Waals surface area contributed by atoms with Crippen LogP contribution in [0.25, 0.3) is 0 Å². The van der Waals surface area contributed by atoms with Crippen molar-refractivity contribution in [1.29, 1.82) is 0 Å². The summed E-state index contributed by atoms with van der Waals surface area (Å²) < 4.78 is 25.2. The van der Waals surface area contributed by atoms with E-state index >= 15 is 0 Å². The van der Waals surface area contributed by atoms with Crippen LogP contribution in [0.1, 0.15) is 26.2 Å². The molecule has 1 N–H and O–H groups in total. The standard InChI is InChI=1S/C11H22N2O2S/c1-3-9-13(4-2)16(14,15)10-5-8-12-11-6-7-11/h3,11-12H,1,4-10H2,2H3. The number of likely N-dealkylation sites (N-methyl/N-ethyl adjacent to an activating group) is 1. The van der Waals surface area contributed by atoms with Crippen molar-refractivity contribution < 1.29 is 8.42 Å². The Balaban J connectivity index is 2.27. The van der Waals surface area contributed by atoms with E-state index in [1.54, 1.807) is 6.08 Å². The predicted molar refractivity (Wildman–Crippen MR) is 66.9 cm³/mol. The Kier molecular flexibility index (Phi) is 5.44. The molecule has 4 nitrogen and oxygen atoms in total. The van der Waals surface area contributed by atoms with Gasteiger partial charge in [0.1, 0.15) is 0 Å². The summed E-state index contributed by atoms with van der Waals surface area (Å²) in [7, 11) is -3.09. The van der Waals surface area contributed by atoms with E-state index in [1.807, 2.05) is 6.92 Å². The minimum absolute atomic E-state index is 0.231. The maximum atomic E-state index is 11.9. The Morgan fingerprint density at radius 1 is 1.50 bits per heavy atom. The van der Waals surface area contributed by atoms with Gasteiger partial charge in [0.15, 0.2) is 0 Å². The third kappa shape index (κ3) is 4.63. The molecule has 0 aromatic rings. The van der Waals surface area contributed by atoms with Crippen molar-refractivity contribution in [2.24, 2.45) is 0 Å². The molecule has 0 aromatic heterocycles. The second-order valence-electron chi connectivity index (χ2n) is 4.14. The first kappa shape index (κ1) is 13.7. The van der Waals surface area contributed by atoms with E-state index in [0.717, 1.165) is 6.54 Å². The van der Waals surface area contributed by atoms with Gasteiger partial charge in [0.2, 0.25) is 10.0 Å². The van der Waals surface area contributed by atoms with Gasteiger partial charge >= 0.3 is 0 Å². The Morgan fingerprint density at radius 3 is 2.69 bits per heavy atom. The number of sulfonamides is 1. The van der Waals surface area contributed by atoms with Gasteiger partial charge in [0.05, 0.1) is 5.75 Å². The van der Waals surface area contributed by atoms with Crippen LogP contribution in [0.15, 0.2) is 12.7 Å². The minimum Gasteiger partial charge on any atom is -0.314 e. The van der Waals surface area contributed by atoms with Crippen LogP contribution < -0.4 is 5.32 Å². The average molecular weight is 246 g/mol. The molecule has 0 saturated heterocycles. The molecule has 0 spiro atoms. The lowest BCUT2D eigenvalue weighted by molar-refractivity contribution is 0.457. The largest absolute Gasteiger partial charge is 0.314 e. The van der Waals surface area contributed by atoms with Crippen LogP contribution in [0, 0.1) is 0 Å². The Labute approximate surface area is 98.8 Å². The van der Waals surface area contributed by atoms with Crippen molar-refractivity contribution in [3.8, 4) is 0 Å². The summed E-state index contributed by atoms with van der Waals surface area (Å²) in [6.07, 6.45) is 4.80. The van der Waals surface area contributed by atoms with Crippen LogP contribution in [0.2, 0.25) is 0 Å². The topological polar surface area (TPSA) is 49.4 Å². The minimum atomic E-state index is -3.09. The van der Waals surface area contributed by atoms with E-state index in [9.17, 15) is 8.42 Å². The van der Waals surface area contributed by atoms with Gasteiger partial charge in [-0.25, -0.2) is 8.42 Å². The summed E-state index contributed by atoms with van der Waals surface area (Å²) in [4.78, 5) is 0. The molecule has 0 atom stereocenters. The summed E-state index contributed by atoms with van der Waals surface area (Å²) >= 11 is 0. The Morgan fingerprint density at radius 2 is 2.19 bits per heavy atom. The third-order valence-corrected chi connectivity index (χ3v) is 4.67. The monoisotopic (exact) mass is 246 g/mol. The fourth-order valence-corrected chi connectivity index (χ4v) is 3.05. The highest BCUT2D eigenvalue weighted by molar-refractivity contribution is 7.89. The van der Waals surface area contributed by atoms with E-state index in [2.05, 4.69) is 11.9 Å². The first-order chi connectivity index (χ1) is 7.60. The summed E-state index contributed by atoms with van der Waals surface area (Å²) in [5.74, 6) is 0.231. The molecule has 1 rings (SSSR count). The van der Waals surface area contributed by atoms with E-state index in [0.29, 0.717) is 25.6 Å². The molecular formula is C11H22N2O2S. The van der Waals surface area contributed by atoms with Gasteiger partial charge < -0.3 is 5.32 Å². The van der Waals surface area contributed by atoms with Crippen molar-refractivity contribution in [3.63, 3.8) is 0 Å². The normalized spacial score (nSPS) is 16.6. The zero-order valence-corrected chi connectivity index (χ0v) is 10.8. The highest BCUT2D eigenvalue weighted by Gasteiger charge is 2.21. The zero-order valence-electron chi connectivity index (χ0n) is 9.98. The van der Waals surface area contributed by atoms with Crippen LogP contribution in [0.5, 0.6) is 0 Å². The molecule has 0 radical (unpaired) electrons. The van der Waals surface area contributed by atoms with Gasteiger partial charge in [0, 0.05) is 19.1 Å². The summed E-state index contributed by atoms with van der Waals surface area (Å²) in [6.45, 7) is 7.15. The quantitative estimate of drug-likeness (QED) is 0.487. The van der Waals surface area contributed by atoms with E-state index < -0.39 is 10.0 Å². The molecule has 0 heterocycles. The molecule has 16 heavy (non-hydrogen) atoms.